The number of nitrogens with zero attached hydrogens (tertiary/aromatic N) is 1. The highest BCUT2D eigenvalue weighted by atomic mass is 19.1. The average molecular weight is 340 g/mol. The standard InChI is InChI=1S/C20H21FN2O2/c1-23-10-14-9-22-20(24)18-8-16(6-7-17(18)19(14)11-23)25-12-13-2-4-15(21)5-3-13/h2-8,14,19H,9-12H2,1H3,(H,22,24)/t14-,19-/m0/s1. The number of fused-ring (bicyclic) bond motifs is 3. The predicted molar refractivity (Wildman–Crippen MR) is 93.2 cm³/mol. The van der Waals surface area contributed by atoms with Gasteiger partial charge in [-0.1, -0.05) is 18.2 Å². The Morgan fingerprint density at radius 2 is 2.00 bits per heavy atom. The Labute approximate surface area is 146 Å². The number of likely N-dealkylation sites (tertiary alicyclic amines) is 1. The van der Waals surface area contributed by atoms with Gasteiger partial charge in [0.15, 0.2) is 0 Å². The second-order valence-electron chi connectivity index (χ2n) is 6.96. The Kier molecular flexibility index (Phi) is 4.17. The molecule has 0 bridgehead atoms. The molecule has 1 N–H and O–H groups in total. The van der Waals surface area contributed by atoms with Crippen LogP contribution in [-0.2, 0) is 6.61 Å². The van der Waals surface area contributed by atoms with E-state index in [1.165, 1.54) is 12.1 Å². The summed E-state index contributed by atoms with van der Waals surface area (Å²) in [5, 5.41) is 3.04. The molecule has 2 atom stereocenters. The minimum absolute atomic E-state index is 0.0284. The lowest BCUT2D eigenvalue weighted by Crippen LogP contribution is -2.29. The number of rotatable bonds is 3. The van der Waals surface area contributed by atoms with Crippen molar-refractivity contribution in [1.29, 1.82) is 0 Å². The highest BCUT2D eigenvalue weighted by Gasteiger charge is 2.36. The lowest BCUT2D eigenvalue weighted by atomic mass is 9.87. The molecule has 0 aromatic heterocycles. The van der Waals surface area contributed by atoms with Crippen LogP contribution in [0.1, 0.15) is 27.4 Å². The number of amides is 1. The van der Waals surface area contributed by atoms with Crippen LogP contribution in [0.2, 0.25) is 0 Å². The summed E-state index contributed by atoms with van der Waals surface area (Å²) < 4.78 is 18.8. The summed E-state index contributed by atoms with van der Waals surface area (Å²) >= 11 is 0. The number of likely N-dealkylation sites (N-methyl/N-ethyl adjacent to an activating group) is 1. The van der Waals surface area contributed by atoms with Crippen molar-refractivity contribution in [3.8, 4) is 5.75 Å². The summed E-state index contributed by atoms with van der Waals surface area (Å²) in [6.07, 6.45) is 0. The van der Waals surface area contributed by atoms with Crippen LogP contribution in [0.15, 0.2) is 42.5 Å². The molecule has 4 rings (SSSR count). The zero-order valence-corrected chi connectivity index (χ0v) is 14.2. The van der Waals surface area contributed by atoms with Gasteiger partial charge in [-0.15, -0.1) is 0 Å². The highest BCUT2D eigenvalue weighted by Crippen LogP contribution is 2.36. The van der Waals surface area contributed by atoms with Crippen molar-refractivity contribution in [3.63, 3.8) is 0 Å². The fourth-order valence-corrected chi connectivity index (χ4v) is 3.86. The van der Waals surface area contributed by atoms with Crippen molar-refractivity contribution < 1.29 is 13.9 Å². The molecule has 1 fully saturated rings. The summed E-state index contributed by atoms with van der Waals surface area (Å²) in [6.45, 7) is 3.04. The summed E-state index contributed by atoms with van der Waals surface area (Å²) in [6, 6.07) is 12.0. The van der Waals surface area contributed by atoms with E-state index in [-0.39, 0.29) is 11.7 Å². The van der Waals surface area contributed by atoms with E-state index in [9.17, 15) is 9.18 Å². The molecule has 0 radical (unpaired) electrons. The van der Waals surface area contributed by atoms with E-state index in [0.717, 1.165) is 24.2 Å². The van der Waals surface area contributed by atoms with Gasteiger partial charge in [-0.05, 0) is 48.4 Å². The second kappa shape index (κ2) is 6.48. The van der Waals surface area contributed by atoms with Gasteiger partial charge in [0.25, 0.3) is 5.91 Å². The number of hydrogen-bond donors (Lipinski definition) is 1. The largest absolute Gasteiger partial charge is 0.489 e. The van der Waals surface area contributed by atoms with Crippen LogP contribution in [0, 0.1) is 11.7 Å². The van der Waals surface area contributed by atoms with Crippen molar-refractivity contribution in [2.75, 3.05) is 26.7 Å². The highest BCUT2D eigenvalue weighted by molar-refractivity contribution is 5.96. The minimum atomic E-state index is -0.262. The minimum Gasteiger partial charge on any atom is -0.489 e. The van der Waals surface area contributed by atoms with E-state index in [1.54, 1.807) is 12.1 Å². The number of carbonyl (C=O) groups is 1. The third-order valence-corrected chi connectivity index (χ3v) is 5.14. The second-order valence-corrected chi connectivity index (χ2v) is 6.96. The van der Waals surface area contributed by atoms with Crippen LogP contribution < -0.4 is 10.1 Å². The van der Waals surface area contributed by atoms with Gasteiger partial charge in [0, 0.05) is 31.1 Å². The van der Waals surface area contributed by atoms with E-state index in [0.29, 0.717) is 36.3 Å². The molecular weight excluding hydrogens is 319 g/mol. The van der Waals surface area contributed by atoms with Gasteiger partial charge in [0.2, 0.25) is 0 Å². The average Bonchev–Trinajstić information content (AvgIpc) is 2.94. The van der Waals surface area contributed by atoms with E-state index < -0.39 is 0 Å². The summed E-state index contributed by atoms with van der Waals surface area (Å²) in [4.78, 5) is 14.8. The fraction of sp³-hybridized carbons (Fsp3) is 0.350. The van der Waals surface area contributed by atoms with Crippen molar-refractivity contribution in [1.82, 2.24) is 10.2 Å². The van der Waals surface area contributed by atoms with Crippen LogP contribution in [0.25, 0.3) is 0 Å². The van der Waals surface area contributed by atoms with E-state index in [4.69, 9.17) is 4.74 Å². The molecule has 0 aliphatic carbocycles. The lowest BCUT2D eigenvalue weighted by molar-refractivity contribution is 0.0951. The van der Waals surface area contributed by atoms with Gasteiger partial charge >= 0.3 is 0 Å². The van der Waals surface area contributed by atoms with Crippen molar-refractivity contribution >= 4 is 5.91 Å². The molecule has 5 heteroatoms. The van der Waals surface area contributed by atoms with Crippen LogP contribution >= 0.6 is 0 Å². The number of halogens is 1. The van der Waals surface area contributed by atoms with Gasteiger partial charge in [0.05, 0.1) is 0 Å². The lowest BCUT2D eigenvalue weighted by Gasteiger charge is -2.17. The van der Waals surface area contributed by atoms with Gasteiger partial charge in [0.1, 0.15) is 18.2 Å². The van der Waals surface area contributed by atoms with Gasteiger partial charge < -0.3 is 15.0 Å². The number of benzene rings is 2. The van der Waals surface area contributed by atoms with Gasteiger partial charge in [-0.3, -0.25) is 4.79 Å². The normalized spacial score (nSPS) is 22.7. The Bertz CT molecular complexity index is 791. The van der Waals surface area contributed by atoms with Gasteiger partial charge in [-0.25, -0.2) is 4.39 Å². The number of hydrogen-bond acceptors (Lipinski definition) is 3. The maximum absolute atomic E-state index is 13.0. The third-order valence-electron chi connectivity index (χ3n) is 5.14. The Morgan fingerprint density at radius 1 is 1.20 bits per heavy atom. The molecule has 2 heterocycles. The smallest absolute Gasteiger partial charge is 0.251 e. The maximum Gasteiger partial charge on any atom is 0.251 e. The molecule has 2 aliphatic heterocycles. The van der Waals surface area contributed by atoms with Crippen LogP contribution in [0.4, 0.5) is 4.39 Å². The van der Waals surface area contributed by atoms with E-state index >= 15 is 0 Å². The topological polar surface area (TPSA) is 41.6 Å². The number of carbonyl (C=O) groups excluding carboxylic acids is 1. The maximum atomic E-state index is 13.0. The Morgan fingerprint density at radius 3 is 2.80 bits per heavy atom. The van der Waals surface area contributed by atoms with Crippen molar-refractivity contribution in [3.05, 3.63) is 65.0 Å². The van der Waals surface area contributed by atoms with Crippen LogP contribution in [-0.4, -0.2) is 37.5 Å². The molecule has 0 spiro atoms. The SMILES string of the molecule is CN1C[C@@H]2CNC(=O)c3cc(OCc4ccc(F)cc4)ccc3[C@H]2C1. The first-order chi connectivity index (χ1) is 12.1. The Hall–Kier alpha value is -2.40. The summed E-state index contributed by atoms with van der Waals surface area (Å²) in [5.74, 6) is 1.20. The Balaban J connectivity index is 1.56. The third kappa shape index (κ3) is 3.24. The van der Waals surface area contributed by atoms with E-state index in [1.807, 2.05) is 18.2 Å². The molecule has 1 amide bonds. The first-order valence-electron chi connectivity index (χ1n) is 8.58. The molecule has 130 valence electrons. The molecule has 2 aromatic rings. The first kappa shape index (κ1) is 16.1. The molecule has 0 unspecified atom stereocenters. The zero-order valence-electron chi connectivity index (χ0n) is 14.2. The van der Waals surface area contributed by atoms with Crippen LogP contribution in [0.5, 0.6) is 5.75 Å². The van der Waals surface area contributed by atoms with E-state index in [2.05, 4.69) is 17.3 Å². The molecular formula is C20H21FN2O2. The van der Waals surface area contributed by atoms with Gasteiger partial charge in [-0.2, -0.15) is 0 Å². The van der Waals surface area contributed by atoms with Crippen LogP contribution in [0.3, 0.4) is 0 Å². The predicted octanol–water partition coefficient (Wildman–Crippen LogP) is 2.79. The molecule has 25 heavy (non-hydrogen) atoms. The molecule has 0 saturated carbocycles. The molecule has 4 nitrogen and oxygen atoms in total. The quantitative estimate of drug-likeness (QED) is 0.934. The zero-order chi connectivity index (χ0) is 17.4. The molecule has 2 aromatic carbocycles. The first-order valence-corrected chi connectivity index (χ1v) is 8.58. The summed E-state index contributed by atoms with van der Waals surface area (Å²) in [7, 11) is 2.12. The monoisotopic (exact) mass is 340 g/mol. The summed E-state index contributed by atoms with van der Waals surface area (Å²) in [5.41, 5.74) is 2.70. The van der Waals surface area contributed by atoms with Crippen molar-refractivity contribution in [2.24, 2.45) is 5.92 Å². The fourth-order valence-electron chi connectivity index (χ4n) is 3.86. The van der Waals surface area contributed by atoms with Crippen molar-refractivity contribution in [2.45, 2.75) is 12.5 Å². The number of nitrogens with one attached hydrogen (secondary N) is 1. The molecule has 2 aliphatic rings. The number of ether oxygens (including phenoxy) is 1. The molecule has 1 saturated heterocycles.